The molecular formula is C15H28IN5OS. The second kappa shape index (κ2) is 10.1. The lowest BCUT2D eigenvalue weighted by molar-refractivity contribution is -0.121. The van der Waals surface area contributed by atoms with Crippen molar-refractivity contribution in [3.8, 4) is 0 Å². The maximum atomic E-state index is 11.8. The Labute approximate surface area is 160 Å². The molecule has 0 aliphatic carbocycles. The summed E-state index contributed by atoms with van der Waals surface area (Å²) in [6.45, 7) is 13.3. The molecule has 1 amide bonds. The Balaban J connectivity index is 0.00000484. The smallest absolute Gasteiger partial charge is 0.242 e. The first-order valence-corrected chi connectivity index (χ1v) is 8.29. The molecule has 0 fully saturated rings. The molecule has 0 bridgehead atoms. The minimum atomic E-state index is -0.242. The van der Waals surface area contributed by atoms with Crippen molar-refractivity contribution in [3.05, 3.63) is 15.6 Å². The standard InChI is InChI=1S/C15H27N5OS.HI/c1-7-16-14(17-8-12(21)20-15(4,5)6)18-9-13-19-10(2)11(3)22-13;/h7-9H2,1-6H3,(H,20,21)(H2,16,17,18);1H. The minimum Gasteiger partial charge on any atom is -0.357 e. The van der Waals surface area contributed by atoms with Gasteiger partial charge in [-0.05, 0) is 41.5 Å². The lowest BCUT2D eigenvalue weighted by Crippen LogP contribution is -2.43. The molecule has 0 radical (unpaired) electrons. The second-order valence-corrected chi connectivity index (χ2v) is 7.38. The zero-order chi connectivity index (χ0) is 16.8. The van der Waals surface area contributed by atoms with E-state index in [9.17, 15) is 4.79 Å². The van der Waals surface area contributed by atoms with Crippen LogP contribution in [0, 0.1) is 13.8 Å². The fourth-order valence-electron chi connectivity index (χ4n) is 1.72. The first kappa shape index (κ1) is 22.1. The summed E-state index contributed by atoms with van der Waals surface area (Å²) < 4.78 is 0. The zero-order valence-corrected chi connectivity index (χ0v) is 17.9. The van der Waals surface area contributed by atoms with Crippen LogP contribution in [-0.2, 0) is 11.3 Å². The van der Waals surface area contributed by atoms with Crippen LogP contribution in [0.1, 0.15) is 43.3 Å². The Morgan fingerprint density at radius 3 is 2.39 bits per heavy atom. The molecule has 8 heteroatoms. The van der Waals surface area contributed by atoms with Crippen molar-refractivity contribution in [1.29, 1.82) is 0 Å². The monoisotopic (exact) mass is 453 g/mol. The van der Waals surface area contributed by atoms with Gasteiger partial charge in [0.1, 0.15) is 11.6 Å². The number of nitrogens with zero attached hydrogens (tertiary/aromatic N) is 2. The van der Waals surface area contributed by atoms with E-state index in [1.165, 1.54) is 4.88 Å². The van der Waals surface area contributed by atoms with Gasteiger partial charge in [0.05, 0.1) is 12.2 Å². The van der Waals surface area contributed by atoms with Crippen LogP contribution in [0.2, 0.25) is 0 Å². The summed E-state index contributed by atoms with van der Waals surface area (Å²) in [4.78, 5) is 21.8. The van der Waals surface area contributed by atoms with E-state index in [0.29, 0.717) is 12.5 Å². The van der Waals surface area contributed by atoms with E-state index in [-0.39, 0.29) is 42.0 Å². The maximum Gasteiger partial charge on any atom is 0.242 e. The normalized spacial score (nSPS) is 11.7. The maximum absolute atomic E-state index is 11.8. The number of hydrogen-bond acceptors (Lipinski definition) is 4. The van der Waals surface area contributed by atoms with Crippen LogP contribution >= 0.6 is 35.3 Å². The van der Waals surface area contributed by atoms with Gasteiger partial charge in [0.15, 0.2) is 5.96 Å². The SMILES string of the molecule is CCNC(=NCC(=O)NC(C)(C)C)NCc1nc(C)c(C)s1.I. The van der Waals surface area contributed by atoms with E-state index in [0.717, 1.165) is 17.2 Å². The summed E-state index contributed by atoms with van der Waals surface area (Å²) in [5.74, 6) is 0.530. The van der Waals surface area contributed by atoms with Crippen LogP contribution < -0.4 is 16.0 Å². The van der Waals surface area contributed by atoms with E-state index in [1.54, 1.807) is 11.3 Å². The number of nitrogens with one attached hydrogen (secondary N) is 3. The summed E-state index contributed by atoms with van der Waals surface area (Å²) >= 11 is 1.67. The summed E-state index contributed by atoms with van der Waals surface area (Å²) in [6.07, 6.45) is 0. The van der Waals surface area contributed by atoms with Gasteiger partial charge in [0.2, 0.25) is 5.91 Å². The molecule has 0 aliphatic heterocycles. The number of carbonyl (C=O) groups excluding carboxylic acids is 1. The molecule has 0 atom stereocenters. The number of aryl methyl sites for hydroxylation is 2. The molecule has 0 aromatic carbocycles. The molecule has 0 saturated carbocycles. The average Bonchev–Trinajstić information content (AvgIpc) is 2.70. The number of aliphatic imine (C=N–C) groups is 1. The van der Waals surface area contributed by atoms with Crippen molar-refractivity contribution in [2.75, 3.05) is 13.1 Å². The molecule has 1 aromatic heterocycles. The molecule has 0 unspecified atom stereocenters. The number of rotatable bonds is 5. The topological polar surface area (TPSA) is 78.4 Å². The molecule has 132 valence electrons. The summed E-state index contributed by atoms with van der Waals surface area (Å²) in [5.41, 5.74) is 0.821. The highest BCUT2D eigenvalue weighted by Gasteiger charge is 2.13. The zero-order valence-electron chi connectivity index (χ0n) is 14.7. The van der Waals surface area contributed by atoms with Crippen molar-refractivity contribution in [1.82, 2.24) is 20.9 Å². The Bertz CT molecular complexity index is 517. The molecule has 0 saturated heterocycles. The van der Waals surface area contributed by atoms with Gasteiger partial charge >= 0.3 is 0 Å². The van der Waals surface area contributed by atoms with Gasteiger partial charge in [-0.15, -0.1) is 35.3 Å². The van der Waals surface area contributed by atoms with E-state index < -0.39 is 0 Å². The van der Waals surface area contributed by atoms with Crippen molar-refractivity contribution in [3.63, 3.8) is 0 Å². The summed E-state index contributed by atoms with van der Waals surface area (Å²) in [6, 6.07) is 0. The van der Waals surface area contributed by atoms with Crippen molar-refractivity contribution < 1.29 is 4.79 Å². The highest BCUT2D eigenvalue weighted by Crippen LogP contribution is 2.15. The summed E-state index contributed by atoms with van der Waals surface area (Å²) in [5, 5.41) is 10.2. The quantitative estimate of drug-likeness (QED) is 0.364. The molecule has 1 rings (SSSR count). The number of hydrogen-bond donors (Lipinski definition) is 3. The third-order valence-electron chi connectivity index (χ3n) is 2.72. The summed E-state index contributed by atoms with van der Waals surface area (Å²) in [7, 11) is 0. The molecule has 6 nitrogen and oxygen atoms in total. The van der Waals surface area contributed by atoms with Gasteiger partial charge < -0.3 is 16.0 Å². The van der Waals surface area contributed by atoms with Gasteiger partial charge in [-0.25, -0.2) is 9.98 Å². The van der Waals surface area contributed by atoms with E-state index in [1.807, 2.05) is 34.6 Å². The van der Waals surface area contributed by atoms with Gasteiger partial charge in [0, 0.05) is 17.0 Å². The van der Waals surface area contributed by atoms with Gasteiger partial charge in [0.25, 0.3) is 0 Å². The Hall–Kier alpha value is -0.900. The Kier molecular flexibility index (Phi) is 9.67. The van der Waals surface area contributed by atoms with Crippen LogP contribution in [0.5, 0.6) is 0 Å². The third-order valence-corrected chi connectivity index (χ3v) is 3.79. The van der Waals surface area contributed by atoms with Crippen molar-refractivity contribution in [2.24, 2.45) is 4.99 Å². The predicted octanol–water partition coefficient (Wildman–Crippen LogP) is 2.35. The number of aromatic nitrogens is 1. The Morgan fingerprint density at radius 2 is 1.91 bits per heavy atom. The fraction of sp³-hybridized carbons (Fsp3) is 0.667. The lowest BCUT2D eigenvalue weighted by Gasteiger charge is -2.20. The number of carbonyl (C=O) groups is 1. The van der Waals surface area contributed by atoms with Gasteiger partial charge in [-0.2, -0.15) is 0 Å². The Morgan fingerprint density at radius 1 is 1.26 bits per heavy atom. The van der Waals surface area contributed by atoms with Crippen LogP contribution in [0.4, 0.5) is 0 Å². The first-order valence-electron chi connectivity index (χ1n) is 7.47. The number of guanidine groups is 1. The predicted molar refractivity (Wildman–Crippen MR) is 108 cm³/mol. The van der Waals surface area contributed by atoms with Gasteiger partial charge in [-0.3, -0.25) is 4.79 Å². The lowest BCUT2D eigenvalue weighted by atomic mass is 10.1. The fourth-order valence-corrected chi connectivity index (χ4v) is 2.60. The molecule has 3 N–H and O–H groups in total. The molecular weight excluding hydrogens is 425 g/mol. The van der Waals surface area contributed by atoms with Crippen molar-refractivity contribution in [2.45, 2.75) is 53.6 Å². The first-order chi connectivity index (χ1) is 10.2. The van der Waals surface area contributed by atoms with E-state index in [4.69, 9.17) is 0 Å². The highest BCUT2D eigenvalue weighted by molar-refractivity contribution is 14.0. The average molecular weight is 453 g/mol. The largest absolute Gasteiger partial charge is 0.357 e. The van der Waals surface area contributed by atoms with E-state index >= 15 is 0 Å². The molecule has 1 heterocycles. The second-order valence-electron chi connectivity index (χ2n) is 6.10. The molecule has 1 aromatic rings. The van der Waals surface area contributed by atoms with Crippen LogP contribution in [0.15, 0.2) is 4.99 Å². The van der Waals surface area contributed by atoms with Crippen LogP contribution in [0.3, 0.4) is 0 Å². The minimum absolute atomic E-state index is 0. The molecule has 23 heavy (non-hydrogen) atoms. The van der Waals surface area contributed by atoms with Crippen molar-refractivity contribution >= 4 is 47.2 Å². The highest BCUT2D eigenvalue weighted by atomic mass is 127. The number of halogens is 1. The molecule has 0 spiro atoms. The number of thiazole rings is 1. The number of amides is 1. The van der Waals surface area contributed by atoms with Crippen LogP contribution in [-0.4, -0.2) is 35.5 Å². The molecule has 0 aliphatic rings. The van der Waals surface area contributed by atoms with Crippen LogP contribution in [0.25, 0.3) is 0 Å². The van der Waals surface area contributed by atoms with E-state index in [2.05, 4.69) is 32.9 Å². The van der Waals surface area contributed by atoms with Gasteiger partial charge in [-0.1, -0.05) is 0 Å². The third kappa shape index (κ3) is 9.09.